The van der Waals surface area contributed by atoms with E-state index in [-0.39, 0.29) is 17.5 Å². The number of nitrogens with zero attached hydrogens (tertiary/aromatic N) is 1. The van der Waals surface area contributed by atoms with Gasteiger partial charge in [-0.15, -0.1) is 0 Å². The van der Waals surface area contributed by atoms with E-state index >= 15 is 0 Å². The van der Waals surface area contributed by atoms with Crippen molar-refractivity contribution in [2.45, 2.75) is 25.5 Å². The topological polar surface area (TPSA) is 66.6 Å². The zero-order valence-corrected chi connectivity index (χ0v) is 18.0. The molecule has 2 heterocycles. The van der Waals surface area contributed by atoms with Crippen molar-refractivity contribution >= 4 is 33.9 Å². The number of ether oxygens (including phenoxy) is 2. The quantitative estimate of drug-likeness (QED) is 0.563. The predicted octanol–water partition coefficient (Wildman–Crippen LogP) is 4.05. The van der Waals surface area contributed by atoms with Crippen molar-refractivity contribution < 1.29 is 13.9 Å². The van der Waals surface area contributed by atoms with Gasteiger partial charge in [0.15, 0.2) is 5.11 Å². The highest BCUT2D eigenvalue weighted by atomic mass is 32.1. The van der Waals surface area contributed by atoms with Crippen LogP contribution in [0.1, 0.15) is 18.4 Å². The van der Waals surface area contributed by atoms with Crippen LogP contribution in [0, 0.1) is 5.82 Å². The number of anilines is 1. The van der Waals surface area contributed by atoms with Crippen LogP contribution in [0.15, 0.2) is 53.3 Å². The molecule has 1 saturated heterocycles. The van der Waals surface area contributed by atoms with Gasteiger partial charge in [-0.1, -0.05) is 0 Å². The molecule has 1 aliphatic heterocycles. The summed E-state index contributed by atoms with van der Waals surface area (Å²) in [5.74, 6) is 0.368. The average molecular weight is 442 g/mol. The van der Waals surface area contributed by atoms with Gasteiger partial charge in [0, 0.05) is 30.5 Å². The number of rotatable bonds is 6. The van der Waals surface area contributed by atoms with Crippen molar-refractivity contribution in [1.29, 1.82) is 0 Å². The Balaban J connectivity index is 1.58. The van der Waals surface area contributed by atoms with E-state index in [0.717, 1.165) is 24.8 Å². The molecule has 8 heteroatoms. The lowest BCUT2D eigenvalue weighted by atomic mass is 10.1. The summed E-state index contributed by atoms with van der Waals surface area (Å²) in [4.78, 5) is 17.6. The maximum absolute atomic E-state index is 13.2. The Morgan fingerprint density at radius 1 is 1.29 bits per heavy atom. The summed E-state index contributed by atoms with van der Waals surface area (Å²) in [5, 5.41) is 4.50. The third-order valence-corrected chi connectivity index (χ3v) is 5.68. The van der Waals surface area contributed by atoms with Crippen molar-refractivity contribution in [3.05, 3.63) is 70.3 Å². The number of aromatic amines is 1. The zero-order valence-electron chi connectivity index (χ0n) is 17.2. The van der Waals surface area contributed by atoms with E-state index in [1.165, 1.54) is 12.1 Å². The molecule has 0 unspecified atom stereocenters. The van der Waals surface area contributed by atoms with Gasteiger partial charge in [-0.25, -0.2) is 4.39 Å². The molecule has 2 N–H and O–H groups in total. The summed E-state index contributed by atoms with van der Waals surface area (Å²) in [7, 11) is 1.59. The first kappa shape index (κ1) is 21.3. The van der Waals surface area contributed by atoms with Crippen LogP contribution in [0.4, 0.5) is 10.1 Å². The summed E-state index contributed by atoms with van der Waals surface area (Å²) in [6.45, 7) is 1.62. The van der Waals surface area contributed by atoms with Crippen molar-refractivity contribution in [2.75, 3.05) is 25.6 Å². The number of nitrogens with one attached hydrogen (secondary N) is 2. The maximum atomic E-state index is 13.2. The number of hydrogen-bond donors (Lipinski definition) is 2. The molecule has 4 rings (SSSR count). The highest BCUT2D eigenvalue weighted by Gasteiger charge is 2.22. The van der Waals surface area contributed by atoms with Crippen molar-refractivity contribution in [3.8, 4) is 5.75 Å². The standard InChI is InChI=1S/C23H24FN3O3S/c1-29-19-9-4-15-11-16(22(28)26-21(15)12-19)13-27(14-20-3-2-10-30-20)23(31)25-18-7-5-17(24)6-8-18/h4-9,11-12,20H,2-3,10,13-14H2,1H3,(H,25,31)(H,26,28)/t20-/m1/s1. The fraction of sp³-hybridized carbons (Fsp3) is 0.304. The Kier molecular flexibility index (Phi) is 6.48. The number of pyridine rings is 1. The molecule has 0 radical (unpaired) electrons. The van der Waals surface area contributed by atoms with Crippen LogP contribution < -0.4 is 15.6 Å². The number of halogens is 1. The Bertz CT molecular complexity index is 1130. The molecule has 0 bridgehead atoms. The smallest absolute Gasteiger partial charge is 0.253 e. The van der Waals surface area contributed by atoms with Gasteiger partial charge in [-0.3, -0.25) is 4.79 Å². The number of methoxy groups -OCH3 is 1. The molecule has 0 spiro atoms. The van der Waals surface area contributed by atoms with E-state index in [2.05, 4.69) is 10.3 Å². The van der Waals surface area contributed by atoms with Crippen molar-refractivity contribution in [2.24, 2.45) is 0 Å². The number of H-pyrrole nitrogens is 1. The minimum absolute atomic E-state index is 0.0526. The molecule has 162 valence electrons. The second kappa shape index (κ2) is 9.45. The lowest BCUT2D eigenvalue weighted by Gasteiger charge is -2.28. The molecular formula is C23H24FN3O3S. The number of thiocarbonyl (C=S) groups is 1. The monoisotopic (exact) mass is 441 g/mol. The Hall–Kier alpha value is -2.97. The average Bonchev–Trinajstić information content (AvgIpc) is 3.28. The Labute approximate surface area is 185 Å². The van der Waals surface area contributed by atoms with E-state index in [9.17, 15) is 9.18 Å². The Morgan fingerprint density at radius 2 is 2.10 bits per heavy atom. The van der Waals surface area contributed by atoms with Crippen molar-refractivity contribution in [3.63, 3.8) is 0 Å². The van der Waals surface area contributed by atoms with Gasteiger partial charge in [-0.05, 0) is 72.9 Å². The molecule has 1 atom stereocenters. The van der Waals surface area contributed by atoms with Gasteiger partial charge < -0.3 is 24.7 Å². The van der Waals surface area contributed by atoms with Gasteiger partial charge in [0.1, 0.15) is 11.6 Å². The minimum atomic E-state index is -0.313. The van der Waals surface area contributed by atoms with E-state index < -0.39 is 0 Å². The first-order valence-electron chi connectivity index (χ1n) is 10.1. The lowest BCUT2D eigenvalue weighted by Crippen LogP contribution is -2.40. The SMILES string of the molecule is COc1ccc2cc(CN(C[C@H]3CCCO3)C(=S)Nc3ccc(F)cc3)c(=O)[nH]c2c1. The lowest BCUT2D eigenvalue weighted by molar-refractivity contribution is 0.0904. The normalized spacial score (nSPS) is 15.7. The largest absolute Gasteiger partial charge is 0.497 e. The van der Waals surface area contributed by atoms with E-state index in [4.69, 9.17) is 21.7 Å². The third kappa shape index (κ3) is 5.21. The molecule has 6 nitrogen and oxygen atoms in total. The van der Waals surface area contributed by atoms with Gasteiger partial charge in [-0.2, -0.15) is 0 Å². The first-order valence-corrected chi connectivity index (χ1v) is 10.6. The summed E-state index contributed by atoms with van der Waals surface area (Å²) in [6.07, 6.45) is 2.01. The molecule has 1 aliphatic rings. The van der Waals surface area contributed by atoms with E-state index in [1.807, 2.05) is 23.1 Å². The predicted molar refractivity (Wildman–Crippen MR) is 123 cm³/mol. The molecule has 31 heavy (non-hydrogen) atoms. The minimum Gasteiger partial charge on any atom is -0.497 e. The van der Waals surface area contributed by atoms with Crippen LogP contribution in [-0.2, 0) is 11.3 Å². The summed E-state index contributed by atoms with van der Waals surface area (Å²) in [6, 6.07) is 13.4. The number of benzene rings is 2. The second-order valence-corrected chi connectivity index (χ2v) is 7.92. The Morgan fingerprint density at radius 3 is 2.81 bits per heavy atom. The molecule has 0 saturated carbocycles. The molecule has 0 amide bonds. The number of aromatic nitrogens is 1. The fourth-order valence-corrected chi connectivity index (χ4v) is 3.92. The van der Waals surface area contributed by atoms with Gasteiger partial charge >= 0.3 is 0 Å². The maximum Gasteiger partial charge on any atom is 0.253 e. The van der Waals surface area contributed by atoms with Crippen molar-refractivity contribution in [1.82, 2.24) is 9.88 Å². The number of fused-ring (bicyclic) bond motifs is 1. The van der Waals surface area contributed by atoms with Crippen LogP contribution in [-0.4, -0.2) is 41.4 Å². The number of hydrogen-bond acceptors (Lipinski definition) is 4. The zero-order chi connectivity index (χ0) is 21.8. The fourth-order valence-electron chi connectivity index (χ4n) is 3.66. The van der Waals surface area contributed by atoms with Crippen LogP contribution in [0.2, 0.25) is 0 Å². The third-order valence-electron chi connectivity index (χ3n) is 5.32. The van der Waals surface area contributed by atoms with Crippen LogP contribution in [0.5, 0.6) is 5.75 Å². The van der Waals surface area contributed by atoms with E-state index in [0.29, 0.717) is 40.7 Å². The van der Waals surface area contributed by atoms with Crippen LogP contribution in [0.25, 0.3) is 10.9 Å². The molecule has 0 aliphatic carbocycles. The van der Waals surface area contributed by atoms with Crippen LogP contribution in [0.3, 0.4) is 0 Å². The first-order chi connectivity index (χ1) is 15.0. The highest BCUT2D eigenvalue weighted by Crippen LogP contribution is 2.20. The van der Waals surface area contributed by atoms with Gasteiger partial charge in [0.25, 0.3) is 5.56 Å². The summed E-state index contributed by atoms with van der Waals surface area (Å²) >= 11 is 5.63. The van der Waals surface area contributed by atoms with Gasteiger partial charge in [0.05, 0.1) is 25.3 Å². The summed E-state index contributed by atoms with van der Waals surface area (Å²) < 4.78 is 24.2. The molecule has 1 aromatic heterocycles. The molecule has 2 aromatic carbocycles. The van der Waals surface area contributed by atoms with Crippen LogP contribution >= 0.6 is 12.2 Å². The molecule has 1 fully saturated rings. The molecular weight excluding hydrogens is 417 g/mol. The van der Waals surface area contributed by atoms with E-state index in [1.54, 1.807) is 25.3 Å². The highest BCUT2D eigenvalue weighted by molar-refractivity contribution is 7.80. The summed E-state index contributed by atoms with van der Waals surface area (Å²) in [5.41, 5.74) is 1.82. The molecule has 3 aromatic rings. The van der Waals surface area contributed by atoms with Gasteiger partial charge in [0.2, 0.25) is 0 Å². The second-order valence-electron chi connectivity index (χ2n) is 7.53.